The van der Waals surface area contributed by atoms with Crippen molar-refractivity contribution in [2.24, 2.45) is 11.1 Å². The smallest absolute Gasteiger partial charge is 0.420 e. The van der Waals surface area contributed by atoms with E-state index in [2.05, 4.69) is 10.2 Å². The summed E-state index contributed by atoms with van der Waals surface area (Å²) in [5.74, 6) is 0.0570. The van der Waals surface area contributed by atoms with Crippen LogP contribution in [0, 0.1) is 18.2 Å². The third-order valence-corrected chi connectivity index (χ3v) is 6.42. The first-order chi connectivity index (χ1) is 14.8. The third-order valence-electron chi connectivity index (χ3n) is 6.12. The molecule has 0 radical (unpaired) electrons. The molecule has 7 nitrogen and oxygen atoms in total. The molecule has 3 aliphatic rings. The number of hydrogen-bond donors (Lipinski definition) is 1. The highest BCUT2D eigenvalue weighted by Gasteiger charge is 2.75. The number of ether oxygens (including phenoxy) is 2. The second-order valence-corrected chi connectivity index (χ2v) is 8.84. The first-order valence-electron chi connectivity index (χ1n) is 9.78. The van der Waals surface area contributed by atoms with Crippen molar-refractivity contribution in [3.63, 3.8) is 0 Å². The molecule has 9 heteroatoms. The summed E-state index contributed by atoms with van der Waals surface area (Å²) in [4.78, 5) is 12.1. The van der Waals surface area contributed by atoms with Crippen molar-refractivity contribution in [3.05, 3.63) is 64.8 Å². The number of amides is 1. The van der Waals surface area contributed by atoms with Crippen LogP contribution in [0.5, 0.6) is 17.6 Å². The summed E-state index contributed by atoms with van der Waals surface area (Å²) < 4.78 is 30.8. The minimum absolute atomic E-state index is 0.0208. The van der Waals surface area contributed by atoms with Crippen molar-refractivity contribution in [1.82, 2.24) is 10.2 Å². The minimum Gasteiger partial charge on any atom is -0.480 e. The lowest BCUT2D eigenvalue weighted by atomic mass is 9.33. The van der Waals surface area contributed by atoms with E-state index in [1.54, 1.807) is 0 Å². The van der Waals surface area contributed by atoms with Gasteiger partial charge in [-0.05, 0) is 50.5 Å². The zero-order valence-corrected chi connectivity index (χ0v) is 17.4. The molecular weight excluding hydrogens is 425 g/mol. The number of aromatic nitrogens is 2. The largest absolute Gasteiger partial charge is 0.480 e. The van der Waals surface area contributed by atoms with E-state index in [4.69, 9.17) is 31.2 Å². The average Bonchev–Trinajstić information content (AvgIpc) is 3.12. The fraction of sp³-hybridized carbons (Fsp3) is 0.318. The van der Waals surface area contributed by atoms with Gasteiger partial charge in [-0.2, -0.15) is 0 Å². The van der Waals surface area contributed by atoms with E-state index in [1.807, 2.05) is 31.2 Å². The Labute approximate surface area is 182 Å². The predicted molar refractivity (Wildman–Crippen MR) is 109 cm³/mol. The summed E-state index contributed by atoms with van der Waals surface area (Å²) in [5, 5.41) is 8.10. The zero-order valence-electron chi connectivity index (χ0n) is 16.6. The van der Waals surface area contributed by atoms with Crippen LogP contribution in [-0.4, -0.2) is 22.2 Å². The molecule has 1 amide bonds. The number of nitrogens with two attached hydrogens (primary N) is 1. The van der Waals surface area contributed by atoms with Crippen LogP contribution in [0.1, 0.15) is 30.7 Å². The van der Waals surface area contributed by atoms with Crippen LogP contribution in [0.2, 0.25) is 5.02 Å². The van der Waals surface area contributed by atoms with Gasteiger partial charge in [0.05, 0.1) is 10.4 Å². The van der Waals surface area contributed by atoms with Crippen LogP contribution in [0.3, 0.4) is 0 Å². The molecule has 3 aliphatic carbocycles. The summed E-state index contributed by atoms with van der Waals surface area (Å²) in [7, 11) is 0. The molecule has 1 atom stereocenters. The first kappa shape index (κ1) is 19.8. The van der Waals surface area contributed by atoms with Crippen LogP contribution in [0.15, 0.2) is 46.9 Å². The van der Waals surface area contributed by atoms with E-state index in [1.165, 1.54) is 12.1 Å². The molecule has 1 aromatic heterocycles. The Kier molecular flexibility index (Phi) is 4.44. The van der Waals surface area contributed by atoms with Gasteiger partial charge < -0.3 is 19.6 Å². The van der Waals surface area contributed by atoms with Gasteiger partial charge in [-0.25, -0.2) is 4.39 Å². The average molecular weight is 444 g/mol. The maximum atomic E-state index is 13.7. The Bertz CT molecular complexity index is 1140. The molecule has 31 heavy (non-hydrogen) atoms. The number of hydrogen-bond acceptors (Lipinski definition) is 6. The van der Waals surface area contributed by atoms with Crippen LogP contribution < -0.4 is 15.2 Å². The van der Waals surface area contributed by atoms with Crippen molar-refractivity contribution in [1.29, 1.82) is 0 Å². The normalized spacial score (nSPS) is 24.6. The van der Waals surface area contributed by atoms with Crippen molar-refractivity contribution in [2.75, 3.05) is 0 Å². The Morgan fingerprint density at radius 2 is 1.84 bits per heavy atom. The van der Waals surface area contributed by atoms with E-state index in [9.17, 15) is 9.18 Å². The highest BCUT2D eigenvalue weighted by molar-refractivity contribution is 6.30. The van der Waals surface area contributed by atoms with Gasteiger partial charge >= 0.3 is 6.08 Å². The van der Waals surface area contributed by atoms with Gasteiger partial charge in [-0.3, -0.25) is 4.79 Å². The summed E-state index contributed by atoms with van der Waals surface area (Å²) in [6.45, 7) is 1.99. The lowest BCUT2D eigenvalue weighted by Crippen LogP contribution is -2.72. The Balaban J connectivity index is 1.27. The fourth-order valence-electron chi connectivity index (χ4n) is 4.71. The standard InChI is InChI=1S/C22H19ClFN3O4/c1-12-2-4-13(5-3-12)30-20-27-26-19(31-20)22-9-21(10-22,11-22)17(18(25)28)29-14-6-7-15(23)16(24)8-14/h2-8,17H,9-11H2,1H3,(H2,25,28). The number of carbonyl (C=O) groups excluding carboxylic acids is 1. The van der Waals surface area contributed by atoms with E-state index in [0.717, 1.165) is 11.6 Å². The lowest BCUT2D eigenvalue weighted by molar-refractivity contribution is -0.208. The molecule has 0 aliphatic heterocycles. The molecule has 0 saturated heterocycles. The maximum absolute atomic E-state index is 13.7. The maximum Gasteiger partial charge on any atom is 0.420 e. The SMILES string of the molecule is Cc1ccc(Oc2nnc(C34CC(C(Oc5ccc(Cl)c(F)c5)C(N)=O)(C3)C4)o2)cc1. The second kappa shape index (κ2) is 6.95. The molecular formula is C22H19ClFN3O4. The van der Waals surface area contributed by atoms with Gasteiger partial charge in [0.15, 0.2) is 6.10 Å². The van der Waals surface area contributed by atoms with E-state index in [0.29, 0.717) is 30.9 Å². The highest BCUT2D eigenvalue weighted by Crippen LogP contribution is 2.75. The Morgan fingerprint density at radius 1 is 1.16 bits per heavy atom. The van der Waals surface area contributed by atoms with Crippen molar-refractivity contribution in [3.8, 4) is 17.6 Å². The Hall–Kier alpha value is -3.13. The molecule has 2 aromatic carbocycles. The number of nitrogens with zero attached hydrogens (tertiary/aromatic N) is 2. The van der Waals surface area contributed by atoms with Crippen LogP contribution in [0.4, 0.5) is 4.39 Å². The monoisotopic (exact) mass is 443 g/mol. The Morgan fingerprint density at radius 3 is 2.48 bits per heavy atom. The molecule has 3 fully saturated rings. The van der Waals surface area contributed by atoms with Gasteiger partial charge in [-0.15, -0.1) is 5.10 Å². The highest BCUT2D eigenvalue weighted by atomic mass is 35.5. The molecule has 0 spiro atoms. The van der Waals surface area contributed by atoms with Crippen molar-refractivity contribution in [2.45, 2.75) is 37.7 Å². The van der Waals surface area contributed by atoms with Crippen LogP contribution >= 0.6 is 11.6 Å². The zero-order chi connectivity index (χ0) is 21.8. The van der Waals surface area contributed by atoms with Gasteiger partial charge in [0.2, 0.25) is 5.89 Å². The number of halogens is 2. The summed E-state index contributed by atoms with van der Waals surface area (Å²) in [6.07, 6.45) is 1.000. The summed E-state index contributed by atoms with van der Waals surface area (Å²) in [5.41, 5.74) is 5.96. The van der Waals surface area contributed by atoms with Gasteiger partial charge in [0.1, 0.15) is 17.3 Å². The van der Waals surface area contributed by atoms with Gasteiger partial charge in [0.25, 0.3) is 5.91 Å². The molecule has 1 heterocycles. The minimum atomic E-state index is -0.888. The lowest BCUT2D eigenvalue weighted by Gasteiger charge is -2.69. The van der Waals surface area contributed by atoms with E-state index < -0.39 is 23.2 Å². The predicted octanol–water partition coefficient (Wildman–Crippen LogP) is 4.32. The summed E-state index contributed by atoms with van der Waals surface area (Å²) >= 11 is 5.71. The molecule has 6 rings (SSSR count). The second-order valence-electron chi connectivity index (χ2n) is 8.44. The van der Waals surface area contributed by atoms with Crippen LogP contribution in [-0.2, 0) is 10.2 Å². The topological polar surface area (TPSA) is 100 Å². The molecule has 3 saturated carbocycles. The number of carbonyl (C=O) groups is 1. The van der Waals surface area contributed by atoms with Gasteiger partial charge in [-0.1, -0.05) is 34.4 Å². The third kappa shape index (κ3) is 3.31. The van der Waals surface area contributed by atoms with Crippen LogP contribution in [0.25, 0.3) is 0 Å². The van der Waals surface area contributed by atoms with E-state index >= 15 is 0 Å². The molecule has 2 bridgehead atoms. The number of primary amides is 1. The number of rotatable bonds is 7. The van der Waals surface area contributed by atoms with E-state index in [-0.39, 0.29) is 22.3 Å². The molecule has 1 unspecified atom stereocenters. The number of aryl methyl sites for hydroxylation is 1. The quantitative estimate of drug-likeness (QED) is 0.583. The number of benzene rings is 2. The molecule has 2 N–H and O–H groups in total. The van der Waals surface area contributed by atoms with Crippen molar-refractivity contribution < 1.29 is 23.1 Å². The molecule has 3 aromatic rings. The van der Waals surface area contributed by atoms with Gasteiger partial charge in [0, 0.05) is 11.5 Å². The molecule has 160 valence electrons. The summed E-state index contributed by atoms with van der Waals surface area (Å²) in [6, 6.07) is 11.5. The first-order valence-corrected chi connectivity index (χ1v) is 10.2. The fourth-order valence-corrected chi connectivity index (χ4v) is 4.83. The van der Waals surface area contributed by atoms with Crippen molar-refractivity contribution >= 4 is 17.5 Å².